The predicted molar refractivity (Wildman–Crippen MR) is 105 cm³/mol. The Hall–Kier alpha value is -1.45. The van der Waals surface area contributed by atoms with E-state index in [4.69, 9.17) is 4.65 Å². The largest absolute Gasteiger partial charge is 0.426 e. The van der Waals surface area contributed by atoms with Crippen molar-refractivity contribution in [1.29, 1.82) is 0 Å². The van der Waals surface area contributed by atoms with Crippen LogP contribution in [0.5, 0.6) is 0 Å². The van der Waals surface area contributed by atoms with Gasteiger partial charge in [-0.25, -0.2) is 0 Å². The van der Waals surface area contributed by atoms with Crippen LogP contribution in [0.1, 0.15) is 38.8 Å². The van der Waals surface area contributed by atoms with Gasteiger partial charge in [0.15, 0.2) is 0 Å². The molecule has 1 nitrogen and oxygen atoms in total. The third kappa shape index (κ3) is 2.64. The van der Waals surface area contributed by atoms with Gasteiger partial charge in [0, 0.05) is 9.79 Å². The third-order valence-corrected chi connectivity index (χ3v) is 6.92. The lowest BCUT2D eigenvalue weighted by Crippen LogP contribution is -2.36. The lowest BCUT2D eigenvalue weighted by Gasteiger charge is -2.34. The first-order valence-electron chi connectivity index (χ1n) is 8.62. The normalized spacial score (nSPS) is 20.4. The lowest BCUT2D eigenvalue weighted by molar-refractivity contribution is 0.0375. The van der Waals surface area contributed by atoms with Gasteiger partial charge >= 0.3 is 6.92 Å². The second-order valence-electron chi connectivity index (χ2n) is 7.98. The van der Waals surface area contributed by atoms with Crippen LogP contribution in [0.4, 0.5) is 0 Å². The zero-order chi connectivity index (χ0) is 16.9. The number of hydrogen-bond donors (Lipinski definition) is 0. The molecular weight excluding hydrogens is 311 g/mol. The molecule has 0 N–H and O–H groups in total. The van der Waals surface area contributed by atoms with Crippen molar-refractivity contribution in [3.05, 3.63) is 53.6 Å². The molecule has 24 heavy (non-hydrogen) atoms. The summed E-state index contributed by atoms with van der Waals surface area (Å²) in [5.74, 6) is 0. The second-order valence-corrected chi connectivity index (χ2v) is 9.06. The summed E-state index contributed by atoms with van der Waals surface area (Å²) in [6.45, 7) is 9.23. The monoisotopic (exact) mass is 334 g/mol. The van der Waals surface area contributed by atoms with E-state index in [2.05, 4.69) is 82.3 Å². The molecule has 122 valence electrons. The minimum atomic E-state index is -0.0932. The van der Waals surface area contributed by atoms with Crippen LogP contribution in [0.25, 0.3) is 12.2 Å². The van der Waals surface area contributed by atoms with Crippen LogP contribution < -0.4 is 5.46 Å². The molecule has 4 rings (SSSR count). The molecule has 0 spiro atoms. The van der Waals surface area contributed by atoms with Gasteiger partial charge in [-0.2, -0.15) is 0 Å². The van der Waals surface area contributed by atoms with Crippen LogP contribution in [0.2, 0.25) is 6.32 Å². The van der Waals surface area contributed by atoms with Crippen LogP contribution in [0, 0.1) is 5.41 Å². The number of fused-ring (bicyclic) bond motifs is 2. The predicted octanol–water partition coefficient (Wildman–Crippen LogP) is 5.36. The molecule has 0 amide bonds. The van der Waals surface area contributed by atoms with E-state index in [0.717, 1.165) is 6.32 Å². The molecule has 0 unspecified atom stereocenters. The molecule has 2 aromatic rings. The average molecular weight is 334 g/mol. The summed E-state index contributed by atoms with van der Waals surface area (Å²) in [5.41, 5.74) is 3.97. The Bertz CT molecular complexity index is 806. The summed E-state index contributed by atoms with van der Waals surface area (Å²) in [6, 6.07) is 15.4. The van der Waals surface area contributed by atoms with Crippen LogP contribution >= 0.6 is 11.8 Å². The van der Waals surface area contributed by atoms with Crippen molar-refractivity contribution in [2.24, 2.45) is 5.41 Å². The van der Waals surface area contributed by atoms with Gasteiger partial charge in [0.2, 0.25) is 0 Å². The van der Waals surface area contributed by atoms with Gasteiger partial charge in [0.1, 0.15) is 0 Å². The van der Waals surface area contributed by atoms with Crippen molar-refractivity contribution < 1.29 is 4.65 Å². The zero-order valence-corrected chi connectivity index (χ0v) is 15.6. The standard InChI is InChI=1S/C21H23BOS/c1-20(2)14-22(23-21(20,3)4)17-12-11-16-10-9-15-7-5-6-8-18(15)24-19(16)13-17/h5-13H,14H2,1-4H3. The number of rotatable bonds is 1. The molecule has 2 aliphatic heterocycles. The molecule has 0 saturated carbocycles. The van der Waals surface area contributed by atoms with E-state index in [0.29, 0.717) is 0 Å². The maximum Gasteiger partial charge on any atom is 0.328 e. The summed E-state index contributed by atoms with van der Waals surface area (Å²) in [7, 11) is 0. The number of benzene rings is 2. The van der Waals surface area contributed by atoms with Gasteiger partial charge < -0.3 is 4.65 Å². The average Bonchev–Trinajstić information content (AvgIpc) is 2.68. The highest BCUT2D eigenvalue weighted by atomic mass is 32.2. The molecule has 0 aliphatic carbocycles. The van der Waals surface area contributed by atoms with E-state index in [1.165, 1.54) is 26.4 Å². The first-order valence-corrected chi connectivity index (χ1v) is 9.44. The highest BCUT2D eigenvalue weighted by molar-refractivity contribution is 7.99. The summed E-state index contributed by atoms with van der Waals surface area (Å²) in [5, 5.41) is 0. The maximum atomic E-state index is 6.41. The molecule has 2 heterocycles. The molecule has 0 bridgehead atoms. The van der Waals surface area contributed by atoms with E-state index in [9.17, 15) is 0 Å². The Morgan fingerprint density at radius 3 is 2.33 bits per heavy atom. The van der Waals surface area contributed by atoms with Gasteiger partial charge in [0.05, 0.1) is 5.60 Å². The maximum absolute atomic E-state index is 6.41. The van der Waals surface area contributed by atoms with E-state index >= 15 is 0 Å². The Kier molecular flexibility index (Phi) is 3.70. The van der Waals surface area contributed by atoms with Gasteiger partial charge in [-0.3, -0.25) is 0 Å². The molecule has 1 fully saturated rings. The molecule has 0 atom stereocenters. The van der Waals surface area contributed by atoms with Crippen LogP contribution in [0.15, 0.2) is 52.3 Å². The fraction of sp³-hybridized carbons (Fsp3) is 0.333. The molecule has 3 heteroatoms. The van der Waals surface area contributed by atoms with Gasteiger partial charge in [0.25, 0.3) is 0 Å². The fourth-order valence-corrected chi connectivity index (χ4v) is 4.52. The van der Waals surface area contributed by atoms with Gasteiger partial charge in [-0.1, -0.05) is 74.2 Å². The summed E-state index contributed by atoms with van der Waals surface area (Å²) < 4.78 is 6.41. The summed E-state index contributed by atoms with van der Waals surface area (Å²) >= 11 is 1.86. The molecular formula is C21H23BOS. The van der Waals surface area contributed by atoms with Crippen molar-refractivity contribution in [1.82, 2.24) is 0 Å². The molecule has 0 radical (unpaired) electrons. The van der Waals surface area contributed by atoms with E-state index in [1.807, 2.05) is 11.8 Å². The first-order chi connectivity index (χ1) is 11.4. The Balaban J connectivity index is 1.69. The molecule has 0 aromatic heterocycles. The first kappa shape index (κ1) is 16.0. The number of hydrogen-bond acceptors (Lipinski definition) is 2. The zero-order valence-electron chi connectivity index (χ0n) is 14.8. The highest BCUT2D eigenvalue weighted by Gasteiger charge is 2.49. The Morgan fingerprint density at radius 2 is 1.62 bits per heavy atom. The topological polar surface area (TPSA) is 9.23 Å². The SMILES string of the molecule is CC1(C)CB(c2ccc3c(c2)Sc2ccccc2C=C3)OC1(C)C. The quantitative estimate of drug-likeness (QED) is 0.555. The lowest BCUT2D eigenvalue weighted by atomic mass is 9.54. The van der Waals surface area contributed by atoms with E-state index in [-0.39, 0.29) is 17.9 Å². The fourth-order valence-electron chi connectivity index (χ4n) is 3.44. The summed E-state index contributed by atoms with van der Waals surface area (Å²) in [4.78, 5) is 2.64. The third-order valence-electron chi connectivity index (χ3n) is 5.75. The Labute approximate surface area is 149 Å². The molecule has 1 saturated heterocycles. The van der Waals surface area contributed by atoms with Crippen molar-refractivity contribution >= 4 is 36.3 Å². The van der Waals surface area contributed by atoms with Crippen molar-refractivity contribution in [3.63, 3.8) is 0 Å². The Morgan fingerprint density at radius 1 is 0.917 bits per heavy atom. The van der Waals surface area contributed by atoms with Crippen molar-refractivity contribution in [3.8, 4) is 0 Å². The van der Waals surface area contributed by atoms with E-state index < -0.39 is 0 Å². The minimum absolute atomic E-state index is 0.0932. The van der Waals surface area contributed by atoms with Crippen LogP contribution in [-0.4, -0.2) is 12.5 Å². The second kappa shape index (κ2) is 5.54. The molecule has 2 aromatic carbocycles. The van der Waals surface area contributed by atoms with E-state index in [1.54, 1.807) is 0 Å². The smallest absolute Gasteiger partial charge is 0.328 e. The van der Waals surface area contributed by atoms with Crippen LogP contribution in [-0.2, 0) is 4.65 Å². The van der Waals surface area contributed by atoms with Crippen molar-refractivity contribution in [2.45, 2.75) is 49.4 Å². The van der Waals surface area contributed by atoms with Gasteiger partial charge in [-0.15, -0.1) is 0 Å². The highest BCUT2D eigenvalue weighted by Crippen LogP contribution is 2.45. The summed E-state index contributed by atoms with van der Waals surface area (Å²) in [6.07, 6.45) is 5.50. The van der Waals surface area contributed by atoms with Crippen LogP contribution in [0.3, 0.4) is 0 Å². The molecule has 2 aliphatic rings. The van der Waals surface area contributed by atoms with Crippen molar-refractivity contribution in [2.75, 3.05) is 0 Å². The van der Waals surface area contributed by atoms with Gasteiger partial charge in [-0.05, 0) is 48.2 Å². The minimum Gasteiger partial charge on any atom is -0.426 e.